The fourth-order valence-electron chi connectivity index (χ4n) is 2.63. The molecule has 0 heterocycles. The molecule has 28 heavy (non-hydrogen) atoms. The second kappa shape index (κ2) is 11.2. The number of phenols is 1. The number of allylic oxidation sites excluding steroid dienone is 1. The first kappa shape index (κ1) is 21.5. The zero-order chi connectivity index (χ0) is 20.4. The lowest BCUT2D eigenvalue weighted by Crippen LogP contribution is -2.03. The van der Waals surface area contributed by atoms with Crippen LogP contribution in [-0.2, 0) is 0 Å². The van der Waals surface area contributed by atoms with Gasteiger partial charge in [0.15, 0.2) is 5.78 Å². The monoisotopic (exact) mass is 382 g/mol. The second-order valence-electron chi connectivity index (χ2n) is 6.79. The average molecular weight is 383 g/mol. The predicted octanol–water partition coefficient (Wildman–Crippen LogP) is 5.95. The molecule has 0 saturated heterocycles. The highest BCUT2D eigenvalue weighted by Crippen LogP contribution is 2.31. The Balaban J connectivity index is 2.22. The third-order valence-electron chi connectivity index (χ3n) is 4.42. The molecular weight excluding hydrogens is 352 g/mol. The topological polar surface area (TPSA) is 55.8 Å². The molecule has 0 spiro atoms. The molecule has 2 aromatic rings. The van der Waals surface area contributed by atoms with Crippen LogP contribution in [0, 0.1) is 6.92 Å². The quantitative estimate of drug-likeness (QED) is 0.296. The van der Waals surface area contributed by atoms with E-state index in [1.807, 2.05) is 19.1 Å². The van der Waals surface area contributed by atoms with Crippen LogP contribution in [0.25, 0.3) is 6.08 Å². The molecule has 4 nitrogen and oxygen atoms in total. The number of rotatable bonds is 11. The predicted molar refractivity (Wildman–Crippen MR) is 113 cm³/mol. The number of ether oxygens (including phenoxy) is 2. The van der Waals surface area contributed by atoms with E-state index in [4.69, 9.17) is 9.47 Å². The molecule has 0 aliphatic rings. The number of hydrogen-bond donors (Lipinski definition) is 1. The maximum Gasteiger partial charge on any atom is 0.185 e. The van der Waals surface area contributed by atoms with E-state index in [1.54, 1.807) is 18.2 Å². The average Bonchev–Trinajstić information content (AvgIpc) is 2.69. The third-order valence-corrected chi connectivity index (χ3v) is 4.42. The number of benzene rings is 2. The molecule has 0 aliphatic heterocycles. The van der Waals surface area contributed by atoms with Crippen molar-refractivity contribution in [1.29, 1.82) is 0 Å². The van der Waals surface area contributed by atoms with Gasteiger partial charge in [-0.25, -0.2) is 0 Å². The summed E-state index contributed by atoms with van der Waals surface area (Å²) in [5, 5.41) is 9.35. The van der Waals surface area contributed by atoms with Gasteiger partial charge < -0.3 is 14.6 Å². The van der Waals surface area contributed by atoms with Crippen LogP contribution >= 0.6 is 0 Å². The first-order valence-electron chi connectivity index (χ1n) is 9.96. The van der Waals surface area contributed by atoms with Crippen molar-refractivity contribution in [1.82, 2.24) is 0 Å². The lowest BCUT2D eigenvalue weighted by molar-refractivity contribution is 0.104. The highest BCUT2D eigenvalue weighted by Gasteiger charge is 2.10. The van der Waals surface area contributed by atoms with Crippen molar-refractivity contribution in [3.05, 3.63) is 59.2 Å². The number of hydrogen-bond acceptors (Lipinski definition) is 4. The number of carbonyl (C=O) groups excluding carboxylic acids is 1. The Morgan fingerprint density at radius 2 is 1.50 bits per heavy atom. The Morgan fingerprint density at radius 3 is 2.00 bits per heavy atom. The number of carbonyl (C=O) groups is 1. The smallest absolute Gasteiger partial charge is 0.185 e. The van der Waals surface area contributed by atoms with Gasteiger partial charge in [0, 0.05) is 11.1 Å². The van der Waals surface area contributed by atoms with Crippen molar-refractivity contribution in [2.45, 2.75) is 46.5 Å². The molecule has 0 atom stereocenters. The Hall–Kier alpha value is -2.75. The molecular formula is C24H30O4. The first-order valence-corrected chi connectivity index (χ1v) is 9.96. The van der Waals surface area contributed by atoms with Gasteiger partial charge in [-0.3, -0.25) is 4.79 Å². The highest BCUT2D eigenvalue weighted by molar-refractivity contribution is 6.06. The first-order chi connectivity index (χ1) is 13.5. The summed E-state index contributed by atoms with van der Waals surface area (Å²) in [6.07, 6.45) is 7.42. The van der Waals surface area contributed by atoms with E-state index in [9.17, 15) is 9.90 Å². The van der Waals surface area contributed by atoms with E-state index in [0.717, 1.165) is 48.3 Å². The molecule has 1 N–H and O–H groups in total. The summed E-state index contributed by atoms with van der Waals surface area (Å²) in [6, 6.07) is 10.1. The number of phenolic OH excluding ortho intramolecular Hbond substituents is 1. The molecule has 0 radical (unpaired) electrons. The van der Waals surface area contributed by atoms with E-state index < -0.39 is 0 Å². The van der Waals surface area contributed by atoms with Crippen molar-refractivity contribution in [2.24, 2.45) is 0 Å². The summed E-state index contributed by atoms with van der Waals surface area (Å²) in [4.78, 5) is 12.4. The fourth-order valence-corrected chi connectivity index (χ4v) is 2.63. The lowest BCUT2D eigenvalue weighted by atomic mass is 10.1. The lowest BCUT2D eigenvalue weighted by Gasteiger charge is -2.15. The second-order valence-corrected chi connectivity index (χ2v) is 6.79. The van der Waals surface area contributed by atoms with Crippen LogP contribution < -0.4 is 9.47 Å². The van der Waals surface area contributed by atoms with Crippen LogP contribution in [0.1, 0.15) is 61.0 Å². The normalized spacial score (nSPS) is 11.0. The van der Waals surface area contributed by atoms with Gasteiger partial charge in [-0.2, -0.15) is 0 Å². The highest BCUT2D eigenvalue weighted by atomic mass is 16.5. The van der Waals surface area contributed by atoms with Crippen molar-refractivity contribution in [3.63, 3.8) is 0 Å². The third kappa shape index (κ3) is 6.45. The molecule has 0 unspecified atom stereocenters. The van der Waals surface area contributed by atoms with Crippen molar-refractivity contribution >= 4 is 11.9 Å². The van der Waals surface area contributed by atoms with Crippen LogP contribution in [0.15, 0.2) is 42.5 Å². The number of unbranched alkanes of at least 4 members (excludes halogenated alkanes) is 2. The number of ketones is 1. The van der Waals surface area contributed by atoms with Crippen molar-refractivity contribution in [3.8, 4) is 17.2 Å². The van der Waals surface area contributed by atoms with Crippen LogP contribution in [0.3, 0.4) is 0 Å². The van der Waals surface area contributed by atoms with E-state index in [-0.39, 0.29) is 11.5 Å². The van der Waals surface area contributed by atoms with E-state index >= 15 is 0 Å². The van der Waals surface area contributed by atoms with Gasteiger partial charge in [0.05, 0.1) is 13.2 Å². The van der Waals surface area contributed by atoms with E-state index in [2.05, 4.69) is 13.8 Å². The van der Waals surface area contributed by atoms with Crippen molar-refractivity contribution < 1.29 is 19.4 Å². The summed E-state index contributed by atoms with van der Waals surface area (Å²) < 4.78 is 11.9. The zero-order valence-corrected chi connectivity index (χ0v) is 17.0. The largest absolute Gasteiger partial charge is 0.508 e. The molecule has 0 aliphatic carbocycles. The van der Waals surface area contributed by atoms with Gasteiger partial charge in [-0.1, -0.05) is 32.8 Å². The number of aromatic hydroxyl groups is 1. The summed E-state index contributed by atoms with van der Waals surface area (Å²) in [6.45, 7) is 7.57. The van der Waals surface area contributed by atoms with Crippen molar-refractivity contribution in [2.75, 3.05) is 13.2 Å². The molecule has 150 valence electrons. The van der Waals surface area contributed by atoms with Crippen LogP contribution in [0.4, 0.5) is 0 Å². The minimum atomic E-state index is -0.123. The van der Waals surface area contributed by atoms with E-state index in [0.29, 0.717) is 18.8 Å². The minimum Gasteiger partial charge on any atom is -0.508 e. The van der Waals surface area contributed by atoms with Crippen LogP contribution in [0.5, 0.6) is 17.2 Å². The standard InChI is InChI=1S/C24H30O4/c1-4-6-14-27-23-16-19(17-24(18(23)3)28-15-7-5-2)8-13-22(26)20-9-11-21(25)12-10-20/h8-13,16-17,25H,4-7,14-15H2,1-3H3. The SMILES string of the molecule is CCCCOc1cc(C=CC(=O)c2ccc(O)cc2)cc(OCCCC)c1C. The van der Waals surface area contributed by atoms with Gasteiger partial charge in [-0.05, 0) is 67.8 Å². The Bertz CT molecular complexity index is 760. The van der Waals surface area contributed by atoms with Crippen LogP contribution in [-0.4, -0.2) is 24.1 Å². The molecule has 0 amide bonds. The molecule has 2 rings (SSSR count). The maximum atomic E-state index is 12.4. The molecule has 0 fully saturated rings. The summed E-state index contributed by atoms with van der Waals surface area (Å²) in [7, 11) is 0. The fraction of sp³-hybridized carbons (Fsp3) is 0.375. The van der Waals surface area contributed by atoms with Gasteiger partial charge in [-0.15, -0.1) is 0 Å². The molecule has 4 heteroatoms. The van der Waals surface area contributed by atoms with Gasteiger partial charge in [0.2, 0.25) is 0 Å². The van der Waals surface area contributed by atoms with Gasteiger partial charge in [0.25, 0.3) is 0 Å². The van der Waals surface area contributed by atoms with Crippen LogP contribution in [0.2, 0.25) is 0 Å². The summed E-state index contributed by atoms with van der Waals surface area (Å²) >= 11 is 0. The van der Waals surface area contributed by atoms with E-state index in [1.165, 1.54) is 18.2 Å². The molecule has 2 aromatic carbocycles. The Morgan fingerprint density at radius 1 is 0.964 bits per heavy atom. The minimum absolute atomic E-state index is 0.123. The molecule has 0 saturated carbocycles. The molecule has 0 bridgehead atoms. The Kier molecular flexibility index (Phi) is 8.60. The molecule has 0 aromatic heterocycles. The zero-order valence-electron chi connectivity index (χ0n) is 17.0. The summed E-state index contributed by atoms with van der Waals surface area (Å²) in [5.41, 5.74) is 2.37. The maximum absolute atomic E-state index is 12.4. The summed E-state index contributed by atoms with van der Waals surface area (Å²) in [5.74, 6) is 1.60. The van der Waals surface area contributed by atoms with Gasteiger partial charge in [0.1, 0.15) is 17.2 Å². The Labute approximate surface area is 167 Å². The van der Waals surface area contributed by atoms with Gasteiger partial charge >= 0.3 is 0 Å².